The molecule has 0 spiro atoms. The maximum absolute atomic E-state index is 12.4. The van der Waals surface area contributed by atoms with Gasteiger partial charge in [-0.3, -0.25) is 9.59 Å². The van der Waals surface area contributed by atoms with Crippen LogP contribution in [0.25, 0.3) is 0 Å². The van der Waals surface area contributed by atoms with Crippen LogP contribution >= 0.6 is 0 Å². The summed E-state index contributed by atoms with van der Waals surface area (Å²) in [6, 6.07) is 0. The molecule has 0 aromatic rings. The SMILES string of the molecule is CCCC/C=C\CCCCCCCCC(=O)OC(CCCC)CCCCCCCCCCCC(=O)O. The molecule has 1 unspecified atom stereocenters. The molecule has 0 aromatic carbocycles. The molecule has 1 N–H and O–H groups in total. The predicted molar refractivity (Wildman–Crippen MR) is 153 cm³/mol. The smallest absolute Gasteiger partial charge is 0.306 e. The van der Waals surface area contributed by atoms with E-state index in [1.807, 2.05) is 0 Å². The van der Waals surface area contributed by atoms with Gasteiger partial charge in [-0.05, 0) is 51.4 Å². The van der Waals surface area contributed by atoms with E-state index >= 15 is 0 Å². The Labute approximate surface area is 224 Å². The van der Waals surface area contributed by atoms with Gasteiger partial charge in [0.2, 0.25) is 0 Å². The number of allylic oxidation sites excluding steroid dienone is 2. The highest BCUT2D eigenvalue weighted by atomic mass is 16.5. The van der Waals surface area contributed by atoms with Crippen LogP contribution in [0.3, 0.4) is 0 Å². The lowest BCUT2D eigenvalue weighted by molar-refractivity contribution is -0.150. The molecule has 212 valence electrons. The molecule has 0 fully saturated rings. The van der Waals surface area contributed by atoms with Crippen molar-refractivity contribution in [3.63, 3.8) is 0 Å². The highest BCUT2D eigenvalue weighted by Gasteiger charge is 2.13. The van der Waals surface area contributed by atoms with Crippen molar-refractivity contribution in [2.24, 2.45) is 0 Å². The number of hydrogen-bond acceptors (Lipinski definition) is 3. The van der Waals surface area contributed by atoms with E-state index in [-0.39, 0.29) is 12.1 Å². The van der Waals surface area contributed by atoms with Gasteiger partial charge in [-0.15, -0.1) is 0 Å². The molecule has 0 aliphatic heterocycles. The second-order valence-corrected chi connectivity index (χ2v) is 10.6. The molecule has 4 nitrogen and oxygen atoms in total. The number of esters is 1. The zero-order chi connectivity index (χ0) is 26.5. The van der Waals surface area contributed by atoms with E-state index in [0.29, 0.717) is 12.8 Å². The topological polar surface area (TPSA) is 63.6 Å². The molecule has 0 aromatic heterocycles. The summed E-state index contributed by atoms with van der Waals surface area (Å²) >= 11 is 0. The Bertz CT molecular complexity index is 514. The number of carbonyl (C=O) groups is 2. The van der Waals surface area contributed by atoms with E-state index in [2.05, 4.69) is 26.0 Å². The lowest BCUT2D eigenvalue weighted by Crippen LogP contribution is -2.18. The maximum Gasteiger partial charge on any atom is 0.306 e. The van der Waals surface area contributed by atoms with Crippen molar-refractivity contribution < 1.29 is 19.4 Å². The summed E-state index contributed by atoms with van der Waals surface area (Å²) < 4.78 is 5.86. The van der Waals surface area contributed by atoms with Crippen molar-refractivity contribution in [2.45, 2.75) is 180 Å². The lowest BCUT2D eigenvalue weighted by Gasteiger charge is -2.18. The predicted octanol–water partition coefficient (Wildman–Crippen LogP) is 10.3. The summed E-state index contributed by atoms with van der Waals surface area (Å²) in [6.07, 6.45) is 32.5. The van der Waals surface area contributed by atoms with Gasteiger partial charge in [-0.2, -0.15) is 0 Å². The average molecular weight is 509 g/mol. The molecule has 0 saturated heterocycles. The van der Waals surface area contributed by atoms with Crippen LogP contribution in [0.2, 0.25) is 0 Å². The minimum absolute atomic E-state index is 0.0104. The van der Waals surface area contributed by atoms with Crippen molar-refractivity contribution in [1.82, 2.24) is 0 Å². The summed E-state index contributed by atoms with van der Waals surface area (Å²) in [5, 5.41) is 8.65. The van der Waals surface area contributed by atoms with Gasteiger partial charge in [0.1, 0.15) is 6.10 Å². The summed E-state index contributed by atoms with van der Waals surface area (Å²) in [4.78, 5) is 22.9. The van der Waals surface area contributed by atoms with Gasteiger partial charge in [0.05, 0.1) is 0 Å². The number of rotatable bonds is 28. The average Bonchev–Trinajstić information content (AvgIpc) is 2.86. The first-order chi connectivity index (χ1) is 17.6. The molecule has 0 rings (SSSR count). The lowest BCUT2D eigenvalue weighted by atomic mass is 10.0. The van der Waals surface area contributed by atoms with Crippen molar-refractivity contribution in [2.75, 3.05) is 0 Å². The Morgan fingerprint density at radius 1 is 0.583 bits per heavy atom. The van der Waals surface area contributed by atoms with Gasteiger partial charge in [0.15, 0.2) is 0 Å². The van der Waals surface area contributed by atoms with Gasteiger partial charge in [-0.1, -0.05) is 122 Å². The van der Waals surface area contributed by atoms with E-state index < -0.39 is 5.97 Å². The minimum atomic E-state index is -0.680. The molecular weight excluding hydrogens is 448 g/mol. The van der Waals surface area contributed by atoms with E-state index in [0.717, 1.165) is 64.2 Å². The number of carbonyl (C=O) groups excluding carboxylic acids is 1. The normalized spacial score (nSPS) is 12.3. The largest absolute Gasteiger partial charge is 0.481 e. The Hall–Kier alpha value is -1.32. The molecule has 0 radical (unpaired) electrons. The number of aliphatic carboxylic acids is 1. The standard InChI is InChI=1S/C32H60O4/c1-3-5-7-8-9-10-11-12-16-19-22-25-29-32(35)36-30(26-6-4-2)27-23-20-17-14-13-15-18-21-24-28-31(33)34/h8-9,30H,3-7,10-29H2,1-2H3,(H,33,34)/b9-8-. The highest BCUT2D eigenvalue weighted by molar-refractivity contribution is 5.69. The Balaban J connectivity index is 3.70. The van der Waals surface area contributed by atoms with Crippen molar-refractivity contribution in [3.8, 4) is 0 Å². The van der Waals surface area contributed by atoms with Gasteiger partial charge >= 0.3 is 11.9 Å². The van der Waals surface area contributed by atoms with Gasteiger partial charge in [0, 0.05) is 12.8 Å². The second-order valence-electron chi connectivity index (χ2n) is 10.6. The van der Waals surface area contributed by atoms with Crippen LogP contribution in [-0.4, -0.2) is 23.1 Å². The second kappa shape index (κ2) is 28.3. The molecule has 1 atom stereocenters. The summed E-state index contributed by atoms with van der Waals surface area (Å²) in [5.74, 6) is -0.670. The molecule has 36 heavy (non-hydrogen) atoms. The molecule has 0 aliphatic carbocycles. The van der Waals surface area contributed by atoms with Gasteiger partial charge < -0.3 is 9.84 Å². The number of unbranched alkanes of at least 4 members (excludes halogenated alkanes) is 17. The van der Waals surface area contributed by atoms with Crippen LogP contribution in [0.4, 0.5) is 0 Å². The monoisotopic (exact) mass is 508 g/mol. The third-order valence-corrected chi connectivity index (χ3v) is 6.99. The zero-order valence-corrected chi connectivity index (χ0v) is 24.1. The van der Waals surface area contributed by atoms with E-state index in [9.17, 15) is 9.59 Å². The molecule has 0 saturated carbocycles. The van der Waals surface area contributed by atoms with E-state index in [4.69, 9.17) is 9.84 Å². The molecule has 0 bridgehead atoms. The van der Waals surface area contributed by atoms with Crippen molar-refractivity contribution >= 4 is 11.9 Å². The Morgan fingerprint density at radius 2 is 1.03 bits per heavy atom. The third-order valence-electron chi connectivity index (χ3n) is 6.99. The van der Waals surface area contributed by atoms with Crippen LogP contribution in [-0.2, 0) is 14.3 Å². The zero-order valence-electron chi connectivity index (χ0n) is 24.1. The van der Waals surface area contributed by atoms with Crippen LogP contribution in [0.5, 0.6) is 0 Å². The summed E-state index contributed by atoms with van der Waals surface area (Å²) in [5.41, 5.74) is 0. The van der Waals surface area contributed by atoms with Gasteiger partial charge in [-0.25, -0.2) is 0 Å². The molecular formula is C32H60O4. The first-order valence-electron chi connectivity index (χ1n) is 15.7. The number of carboxylic acid groups (broad SMARTS) is 1. The molecule has 0 aliphatic rings. The van der Waals surface area contributed by atoms with E-state index in [1.54, 1.807) is 0 Å². The maximum atomic E-state index is 12.4. The van der Waals surface area contributed by atoms with Crippen LogP contribution in [0.1, 0.15) is 174 Å². The fraction of sp³-hybridized carbons (Fsp3) is 0.875. The Morgan fingerprint density at radius 3 is 1.58 bits per heavy atom. The van der Waals surface area contributed by atoms with E-state index in [1.165, 1.54) is 83.5 Å². The van der Waals surface area contributed by atoms with Crippen LogP contribution in [0.15, 0.2) is 12.2 Å². The number of carboxylic acids is 1. The first kappa shape index (κ1) is 34.7. The minimum Gasteiger partial charge on any atom is -0.481 e. The quantitative estimate of drug-likeness (QED) is 0.0648. The number of ether oxygens (including phenoxy) is 1. The number of hydrogen-bond donors (Lipinski definition) is 1. The van der Waals surface area contributed by atoms with Crippen LogP contribution in [0, 0.1) is 0 Å². The first-order valence-corrected chi connectivity index (χ1v) is 15.7. The fourth-order valence-corrected chi connectivity index (χ4v) is 4.62. The molecule has 0 amide bonds. The highest BCUT2D eigenvalue weighted by Crippen LogP contribution is 2.17. The Kier molecular flexibility index (Phi) is 27.2. The molecule has 0 heterocycles. The third kappa shape index (κ3) is 27.3. The van der Waals surface area contributed by atoms with Crippen LogP contribution < -0.4 is 0 Å². The van der Waals surface area contributed by atoms with Crippen molar-refractivity contribution in [3.05, 3.63) is 12.2 Å². The summed E-state index contributed by atoms with van der Waals surface area (Å²) in [6.45, 7) is 4.44. The fourth-order valence-electron chi connectivity index (χ4n) is 4.62. The van der Waals surface area contributed by atoms with Crippen molar-refractivity contribution in [1.29, 1.82) is 0 Å². The molecule has 4 heteroatoms. The summed E-state index contributed by atoms with van der Waals surface area (Å²) in [7, 11) is 0. The van der Waals surface area contributed by atoms with Gasteiger partial charge in [0.25, 0.3) is 0 Å².